The molecule has 0 amide bonds. The smallest absolute Gasteiger partial charge is 0.350 e. The zero-order valence-electron chi connectivity index (χ0n) is 11.2. The van der Waals surface area contributed by atoms with Crippen molar-refractivity contribution < 1.29 is 9.15 Å². The number of hydrogen-bond acceptors (Lipinski definition) is 5. The second kappa shape index (κ2) is 6.43. The first-order chi connectivity index (χ1) is 9.83. The molecule has 2 heterocycles. The summed E-state index contributed by atoms with van der Waals surface area (Å²) in [6, 6.07) is 9.52. The average Bonchev–Trinajstić information content (AvgIpc) is 2.49. The molecule has 4 nitrogen and oxygen atoms in total. The molecule has 0 saturated carbocycles. The first-order valence-electron chi connectivity index (χ1n) is 6.79. The van der Waals surface area contributed by atoms with Gasteiger partial charge in [0.15, 0.2) is 0 Å². The van der Waals surface area contributed by atoms with Gasteiger partial charge < -0.3 is 9.15 Å². The molecular formula is C15H17NO3S. The molecule has 5 heteroatoms. The van der Waals surface area contributed by atoms with Gasteiger partial charge in [-0.15, -0.1) is 11.8 Å². The molecule has 1 aliphatic heterocycles. The maximum atomic E-state index is 11.9. The van der Waals surface area contributed by atoms with Gasteiger partial charge in [-0.1, -0.05) is 18.2 Å². The highest BCUT2D eigenvalue weighted by molar-refractivity contribution is 7.99. The number of thioether (sulfide) groups is 1. The summed E-state index contributed by atoms with van der Waals surface area (Å²) in [5, 5.41) is 0.973. The number of nitrogens with zero attached hydrogens (tertiary/aromatic N) is 1. The Kier molecular flexibility index (Phi) is 4.40. The van der Waals surface area contributed by atoms with E-state index in [1.807, 2.05) is 30.3 Å². The van der Waals surface area contributed by atoms with E-state index in [-0.39, 0.29) is 5.63 Å². The summed E-state index contributed by atoms with van der Waals surface area (Å²) in [5.74, 6) is 0.892. The summed E-state index contributed by atoms with van der Waals surface area (Å²) >= 11 is 1.57. The molecule has 1 aliphatic rings. The van der Waals surface area contributed by atoms with Crippen LogP contribution in [0.15, 0.2) is 44.4 Å². The molecule has 0 atom stereocenters. The number of ether oxygens (including phenoxy) is 1. The Morgan fingerprint density at radius 1 is 1.20 bits per heavy atom. The van der Waals surface area contributed by atoms with Gasteiger partial charge in [-0.3, -0.25) is 4.90 Å². The van der Waals surface area contributed by atoms with Crippen molar-refractivity contribution in [2.75, 3.05) is 38.6 Å². The first kappa shape index (κ1) is 13.7. The van der Waals surface area contributed by atoms with Crippen LogP contribution in [0.4, 0.5) is 0 Å². The molecule has 3 rings (SSSR count). The Morgan fingerprint density at radius 3 is 2.85 bits per heavy atom. The average molecular weight is 291 g/mol. The molecule has 106 valence electrons. The van der Waals surface area contributed by atoms with Crippen LogP contribution in [0.3, 0.4) is 0 Å². The summed E-state index contributed by atoms with van der Waals surface area (Å²) in [5.41, 5.74) is 0.408. The van der Waals surface area contributed by atoms with E-state index in [1.54, 1.807) is 11.8 Å². The summed E-state index contributed by atoms with van der Waals surface area (Å²) in [6.45, 7) is 4.55. The van der Waals surface area contributed by atoms with Crippen LogP contribution in [0, 0.1) is 0 Å². The molecule has 0 bridgehead atoms. The lowest BCUT2D eigenvalue weighted by Crippen LogP contribution is -2.37. The van der Waals surface area contributed by atoms with Crippen LogP contribution in [0.1, 0.15) is 0 Å². The highest BCUT2D eigenvalue weighted by Crippen LogP contribution is 2.20. The summed E-state index contributed by atoms with van der Waals surface area (Å²) < 4.78 is 10.6. The predicted molar refractivity (Wildman–Crippen MR) is 80.5 cm³/mol. The third kappa shape index (κ3) is 3.23. The van der Waals surface area contributed by atoms with Crippen LogP contribution in [0.2, 0.25) is 0 Å². The van der Waals surface area contributed by atoms with Crippen molar-refractivity contribution >= 4 is 22.7 Å². The van der Waals surface area contributed by atoms with Crippen molar-refractivity contribution in [1.29, 1.82) is 0 Å². The van der Waals surface area contributed by atoms with Gasteiger partial charge in [0, 0.05) is 30.8 Å². The predicted octanol–water partition coefficient (Wildman–Crippen LogP) is 2.22. The van der Waals surface area contributed by atoms with Crippen molar-refractivity contribution in [3.05, 3.63) is 40.8 Å². The van der Waals surface area contributed by atoms with Gasteiger partial charge in [0.2, 0.25) is 0 Å². The van der Waals surface area contributed by atoms with Gasteiger partial charge in [-0.25, -0.2) is 4.79 Å². The van der Waals surface area contributed by atoms with Crippen LogP contribution < -0.4 is 5.63 Å². The van der Waals surface area contributed by atoms with Crippen molar-refractivity contribution in [2.45, 2.75) is 4.90 Å². The number of rotatable bonds is 4. The first-order valence-corrected chi connectivity index (χ1v) is 7.77. The summed E-state index contributed by atoms with van der Waals surface area (Å²) in [6.07, 6.45) is 0. The van der Waals surface area contributed by atoms with E-state index in [2.05, 4.69) is 4.90 Å². The maximum absolute atomic E-state index is 11.9. The molecular weight excluding hydrogens is 274 g/mol. The monoisotopic (exact) mass is 291 g/mol. The topological polar surface area (TPSA) is 42.7 Å². The molecule has 1 saturated heterocycles. The SMILES string of the molecule is O=c1oc2ccccc2cc1SCCN1CCOCC1. The Balaban J connectivity index is 1.64. The lowest BCUT2D eigenvalue weighted by Gasteiger charge is -2.26. The molecule has 0 unspecified atom stereocenters. The minimum Gasteiger partial charge on any atom is -0.422 e. The molecule has 0 spiro atoms. The minimum absolute atomic E-state index is 0.240. The third-order valence-corrected chi connectivity index (χ3v) is 4.36. The summed E-state index contributed by atoms with van der Waals surface area (Å²) in [4.78, 5) is 14.9. The minimum atomic E-state index is -0.240. The third-order valence-electron chi connectivity index (χ3n) is 3.38. The standard InChI is InChI=1S/C15H17NO3S/c17-15-14(11-12-3-1-2-4-13(12)19-15)20-10-7-16-5-8-18-9-6-16/h1-4,11H,5-10H2. The molecule has 20 heavy (non-hydrogen) atoms. The quantitative estimate of drug-likeness (QED) is 0.638. The van der Waals surface area contributed by atoms with E-state index in [0.717, 1.165) is 44.0 Å². The molecule has 1 aromatic heterocycles. The van der Waals surface area contributed by atoms with E-state index in [4.69, 9.17) is 9.15 Å². The van der Waals surface area contributed by atoms with Crippen LogP contribution in [0.5, 0.6) is 0 Å². The van der Waals surface area contributed by atoms with Gasteiger partial charge in [-0.05, 0) is 12.1 Å². The van der Waals surface area contributed by atoms with Crippen LogP contribution in [0.25, 0.3) is 11.0 Å². The maximum Gasteiger partial charge on any atom is 0.350 e. The molecule has 0 N–H and O–H groups in total. The van der Waals surface area contributed by atoms with E-state index in [0.29, 0.717) is 10.5 Å². The van der Waals surface area contributed by atoms with E-state index in [9.17, 15) is 4.79 Å². The Labute approximate surface area is 121 Å². The molecule has 1 fully saturated rings. The fraction of sp³-hybridized carbons (Fsp3) is 0.400. The fourth-order valence-electron chi connectivity index (χ4n) is 2.25. The molecule has 0 aliphatic carbocycles. The van der Waals surface area contributed by atoms with Crippen LogP contribution in [-0.4, -0.2) is 43.5 Å². The number of hydrogen-bond donors (Lipinski definition) is 0. The number of morpholine rings is 1. The van der Waals surface area contributed by atoms with Gasteiger partial charge in [0.05, 0.1) is 18.1 Å². The zero-order chi connectivity index (χ0) is 13.8. The normalized spacial score (nSPS) is 16.6. The molecule has 1 aromatic carbocycles. The highest BCUT2D eigenvalue weighted by atomic mass is 32.2. The van der Waals surface area contributed by atoms with Crippen molar-refractivity contribution in [3.63, 3.8) is 0 Å². The van der Waals surface area contributed by atoms with Crippen molar-refractivity contribution in [3.8, 4) is 0 Å². The zero-order valence-corrected chi connectivity index (χ0v) is 12.0. The van der Waals surface area contributed by atoms with Crippen LogP contribution in [-0.2, 0) is 4.74 Å². The van der Waals surface area contributed by atoms with Crippen molar-refractivity contribution in [2.24, 2.45) is 0 Å². The molecule has 0 radical (unpaired) electrons. The highest BCUT2D eigenvalue weighted by Gasteiger charge is 2.11. The fourth-order valence-corrected chi connectivity index (χ4v) is 3.19. The number of fused-ring (bicyclic) bond motifs is 1. The lowest BCUT2D eigenvalue weighted by atomic mass is 10.2. The van der Waals surface area contributed by atoms with Crippen LogP contribution >= 0.6 is 11.8 Å². The van der Waals surface area contributed by atoms with E-state index in [1.165, 1.54) is 0 Å². The Morgan fingerprint density at radius 2 is 2.00 bits per heavy atom. The van der Waals surface area contributed by atoms with Gasteiger partial charge in [-0.2, -0.15) is 0 Å². The molecule has 2 aromatic rings. The second-order valence-electron chi connectivity index (χ2n) is 4.74. The van der Waals surface area contributed by atoms with Crippen molar-refractivity contribution in [1.82, 2.24) is 4.90 Å². The van der Waals surface area contributed by atoms with Gasteiger partial charge in [0.25, 0.3) is 0 Å². The second-order valence-corrected chi connectivity index (χ2v) is 5.88. The van der Waals surface area contributed by atoms with E-state index < -0.39 is 0 Å². The van der Waals surface area contributed by atoms with Gasteiger partial charge >= 0.3 is 5.63 Å². The Hall–Kier alpha value is -1.30. The number of para-hydroxylation sites is 1. The number of benzene rings is 1. The van der Waals surface area contributed by atoms with Gasteiger partial charge in [0.1, 0.15) is 5.58 Å². The largest absolute Gasteiger partial charge is 0.422 e. The summed E-state index contributed by atoms with van der Waals surface area (Å²) in [7, 11) is 0. The lowest BCUT2D eigenvalue weighted by molar-refractivity contribution is 0.0410. The Bertz CT molecular complexity index is 634. The van der Waals surface area contributed by atoms with E-state index >= 15 is 0 Å².